The van der Waals surface area contributed by atoms with E-state index in [1.165, 1.54) is 6.08 Å². The lowest BCUT2D eigenvalue weighted by Crippen LogP contribution is -2.12. The summed E-state index contributed by atoms with van der Waals surface area (Å²) < 4.78 is 4.21. The van der Waals surface area contributed by atoms with Crippen LogP contribution in [0.4, 0.5) is 4.79 Å². The van der Waals surface area contributed by atoms with Crippen molar-refractivity contribution in [3.05, 3.63) is 12.7 Å². The quantitative estimate of drug-likeness (QED) is 0.570. The second-order valence-corrected chi connectivity index (χ2v) is 0.919. The fourth-order valence-corrected chi connectivity index (χ4v) is 0.141. The first kappa shape index (κ1) is 10.3. The first-order valence-electron chi connectivity index (χ1n) is 1.80. The van der Waals surface area contributed by atoms with Crippen molar-refractivity contribution in [2.75, 3.05) is 6.61 Å². The number of hydrogen-bond donors (Lipinski definition) is 1. The topological polar surface area (TPSA) is 52.3 Å². The molecule has 3 nitrogen and oxygen atoms in total. The Hall–Kier alpha value is -0.700. The van der Waals surface area contributed by atoms with Crippen molar-refractivity contribution in [1.82, 2.24) is 0 Å². The summed E-state index contributed by atoms with van der Waals surface area (Å²) in [5, 5.41) is 0. The number of rotatable bonds is 2. The molecule has 0 bridgehead atoms. The van der Waals surface area contributed by atoms with Gasteiger partial charge in [0.15, 0.2) is 0 Å². The molecule has 0 rings (SSSR count). The van der Waals surface area contributed by atoms with Crippen molar-refractivity contribution in [2.45, 2.75) is 0 Å². The highest BCUT2D eigenvalue weighted by Crippen LogP contribution is 1.70. The number of amides is 1. The molecule has 1 amide bonds. The Bertz CT molecular complexity index is 84.1. The third-order valence-corrected chi connectivity index (χ3v) is 0.343. The van der Waals surface area contributed by atoms with Crippen LogP contribution < -0.4 is 5.73 Å². The fraction of sp³-hybridized carbons (Fsp3) is 0.250. The van der Waals surface area contributed by atoms with E-state index in [2.05, 4.69) is 17.0 Å². The summed E-state index contributed by atoms with van der Waals surface area (Å²) in [5.41, 5.74) is 4.57. The number of hydrogen-bond acceptors (Lipinski definition) is 2. The molecule has 0 radical (unpaired) electrons. The summed E-state index contributed by atoms with van der Waals surface area (Å²) in [6.45, 7) is 3.49. The maximum Gasteiger partial charge on any atom is 0.404 e. The molecule has 0 aliphatic rings. The predicted molar refractivity (Wildman–Crippen MR) is 33.0 cm³/mol. The van der Waals surface area contributed by atoms with Gasteiger partial charge in [0.05, 0.1) is 0 Å². The fourth-order valence-electron chi connectivity index (χ4n) is 0.141. The van der Waals surface area contributed by atoms with Crippen LogP contribution >= 0.6 is 12.4 Å². The molecule has 4 heteroatoms. The van der Waals surface area contributed by atoms with Crippen LogP contribution in [-0.4, -0.2) is 12.7 Å². The average molecular weight is 138 g/mol. The molecule has 0 saturated carbocycles. The molecule has 0 saturated heterocycles. The van der Waals surface area contributed by atoms with E-state index in [-0.39, 0.29) is 19.0 Å². The number of halogens is 1. The first-order valence-corrected chi connectivity index (χ1v) is 1.80. The van der Waals surface area contributed by atoms with Crippen molar-refractivity contribution in [3.63, 3.8) is 0 Å². The van der Waals surface area contributed by atoms with Crippen LogP contribution in [0.25, 0.3) is 0 Å². The second-order valence-electron chi connectivity index (χ2n) is 0.919. The molecule has 0 aliphatic heterocycles. The summed E-state index contributed by atoms with van der Waals surface area (Å²) in [6, 6.07) is 0. The normalized spacial score (nSPS) is 6.50. The molecule has 2 N–H and O–H groups in total. The van der Waals surface area contributed by atoms with E-state index in [0.717, 1.165) is 0 Å². The van der Waals surface area contributed by atoms with Gasteiger partial charge < -0.3 is 10.5 Å². The summed E-state index contributed by atoms with van der Waals surface area (Å²) in [6.07, 6.45) is 0.685. The monoisotopic (exact) mass is 137 g/mol. The van der Waals surface area contributed by atoms with Gasteiger partial charge in [0.25, 0.3) is 0 Å². The maximum atomic E-state index is 9.71. The number of primary amides is 1. The predicted octanol–water partition coefficient (Wildman–Crippen LogP) is 0.690. The summed E-state index contributed by atoms with van der Waals surface area (Å²) in [4.78, 5) is 9.71. The van der Waals surface area contributed by atoms with Gasteiger partial charge in [-0.15, -0.1) is 12.4 Å². The highest BCUT2D eigenvalue weighted by atomic mass is 35.5. The van der Waals surface area contributed by atoms with Crippen molar-refractivity contribution in [2.24, 2.45) is 5.73 Å². The van der Waals surface area contributed by atoms with Crippen LogP contribution in [-0.2, 0) is 4.74 Å². The third kappa shape index (κ3) is 9.00. The summed E-state index contributed by atoms with van der Waals surface area (Å²) in [5.74, 6) is 0. The molecule has 0 unspecified atom stereocenters. The Balaban J connectivity index is 0. The standard InChI is InChI=1S/C4H7NO2.ClH/c1-2-3-7-4(5)6;/h2H,1,3H2,(H2,5,6);1H. The highest BCUT2D eigenvalue weighted by Gasteiger charge is 1.84. The minimum absolute atomic E-state index is 0. The van der Waals surface area contributed by atoms with Crippen LogP contribution in [0, 0.1) is 0 Å². The Morgan fingerprint density at radius 3 is 2.50 bits per heavy atom. The third-order valence-electron chi connectivity index (χ3n) is 0.343. The van der Waals surface area contributed by atoms with Gasteiger partial charge in [-0.25, -0.2) is 4.79 Å². The lowest BCUT2D eigenvalue weighted by Gasteiger charge is -1.90. The minimum atomic E-state index is -0.764. The molecule has 0 fully saturated rings. The first-order chi connectivity index (χ1) is 3.27. The second kappa shape index (κ2) is 6.30. The molecule has 0 spiro atoms. The molecule has 0 aromatic rings. The number of nitrogens with two attached hydrogens (primary N) is 1. The molecule has 0 aromatic carbocycles. The number of carbonyl (C=O) groups is 1. The van der Waals surface area contributed by atoms with Crippen molar-refractivity contribution < 1.29 is 9.53 Å². The van der Waals surface area contributed by atoms with Gasteiger partial charge in [-0.05, 0) is 0 Å². The highest BCUT2D eigenvalue weighted by molar-refractivity contribution is 5.85. The van der Waals surface area contributed by atoms with Gasteiger partial charge in [-0.1, -0.05) is 12.7 Å². The molecule has 48 valence electrons. The van der Waals surface area contributed by atoms with E-state index in [9.17, 15) is 4.79 Å². The lowest BCUT2D eigenvalue weighted by molar-refractivity contribution is 0.169. The molecule has 0 heterocycles. The van der Waals surface area contributed by atoms with Gasteiger partial charge in [0, 0.05) is 0 Å². The molecule has 0 aliphatic carbocycles. The van der Waals surface area contributed by atoms with Crippen LogP contribution in [0.5, 0.6) is 0 Å². The largest absolute Gasteiger partial charge is 0.445 e. The molecular weight excluding hydrogens is 130 g/mol. The van der Waals surface area contributed by atoms with Crippen molar-refractivity contribution in [3.8, 4) is 0 Å². The molecule has 0 aromatic heterocycles. The summed E-state index contributed by atoms with van der Waals surface area (Å²) in [7, 11) is 0. The van der Waals surface area contributed by atoms with E-state index in [0.29, 0.717) is 0 Å². The smallest absolute Gasteiger partial charge is 0.404 e. The van der Waals surface area contributed by atoms with Gasteiger partial charge in [0.2, 0.25) is 0 Å². The Morgan fingerprint density at radius 2 is 2.38 bits per heavy atom. The van der Waals surface area contributed by atoms with Gasteiger partial charge in [-0.2, -0.15) is 0 Å². The molecule has 8 heavy (non-hydrogen) atoms. The Kier molecular flexibility index (Phi) is 8.12. The molecular formula is C4H8ClNO2. The summed E-state index contributed by atoms with van der Waals surface area (Å²) >= 11 is 0. The Morgan fingerprint density at radius 1 is 1.88 bits per heavy atom. The van der Waals surface area contributed by atoms with Gasteiger partial charge in [-0.3, -0.25) is 0 Å². The van der Waals surface area contributed by atoms with E-state index in [4.69, 9.17) is 0 Å². The average Bonchev–Trinajstić information content (AvgIpc) is 1.61. The number of carbonyl (C=O) groups excluding carboxylic acids is 1. The van der Waals surface area contributed by atoms with Crippen molar-refractivity contribution >= 4 is 18.5 Å². The molecule has 0 atom stereocenters. The van der Waals surface area contributed by atoms with Crippen LogP contribution in [0.15, 0.2) is 12.7 Å². The van der Waals surface area contributed by atoms with Crippen LogP contribution in [0.2, 0.25) is 0 Å². The SMILES string of the molecule is C=CCOC(N)=O.Cl. The van der Waals surface area contributed by atoms with Crippen LogP contribution in [0.3, 0.4) is 0 Å². The van der Waals surface area contributed by atoms with E-state index in [1.807, 2.05) is 0 Å². The number of ether oxygens (including phenoxy) is 1. The maximum absolute atomic E-state index is 9.71. The zero-order chi connectivity index (χ0) is 5.70. The van der Waals surface area contributed by atoms with Crippen molar-refractivity contribution in [1.29, 1.82) is 0 Å². The van der Waals surface area contributed by atoms with Crippen LogP contribution in [0.1, 0.15) is 0 Å². The van der Waals surface area contributed by atoms with E-state index >= 15 is 0 Å². The van der Waals surface area contributed by atoms with E-state index in [1.54, 1.807) is 0 Å². The zero-order valence-electron chi connectivity index (χ0n) is 4.29. The van der Waals surface area contributed by atoms with Gasteiger partial charge >= 0.3 is 6.09 Å². The van der Waals surface area contributed by atoms with Gasteiger partial charge in [0.1, 0.15) is 6.61 Å². The van der Waals surface area contributed by atoms with E-state index < -0.39 is 6.09 Å². The Labute approximate surface area is 53.9 Å². The zero-order valence-corrected chi connectivity index (χ0v) is 5.11. The lowest BCUT2D eigenvalue weighted by atomic mass is 10.7. The minimum Gasteiger partial charge on any atom is -0.445 e.